The highest BCUT2D eigenvalue weighted by atomic mass is 35.5. The van der Waals surface area contributed by atoms with Crippen LogP contribution in [0.15, 0.2) is 24.3 Å². The van der Waals surface area contributed by atoms with Crippen molar-refractivity contribution in [2.75, 3.05) is 13.0 Å². The molecule has 1 N–H and O–H groups in total. The van der Waals surface area contributed by atoms with Crippen molar-refractivity contribution in [2.24, 2.45) is 0 Å². The van der Waals surface area contributed by atoms with Crippen LogP contribution in [0.5, 0.6) is 0 Å². The van der Waals surface area contributed by atoms with Crippen molar-refractivity contribution in [3.63, 3.8) is 0 Å². The van der Waals surface area contributed by atoms with E-state index in [-0.39, 0.29) is 18.1 Å². The molecule has 1 aliphatic rings. The molecule has 0 aromatic heterocycles. The molecule has 1 heterocycles. The highest BCUT2D eigenvalue weighted by molar-refractivity contribution is 6.18. The van der Waals surface area contributed by atoms with Crippen molar-refractivity contribution in [2.45, 2.75) is 24.3 Å². The van der Waals surface area contributed by atoms with Crippen molar-refractivity contribution in [1.29, 1.82) is 0 Å². The first-order valence-electron chi connectivity index (χ1n) is 5.90. The predicted molar refractivity (Wildman–Crippen MR) is 73.3 cm³/mol. The van der Waals surface area contributed by atoms with Crippen LogP contribution in [0.2, 0.25) is 0 Å². The maximum absolute atomic E-state index is 11.8. The normalized spacial score (nSPS) is 26.4. The van der Waals surface area contributed by atoms with Gasteiger partial charge >= 0.3 is 5.97 Å². The van der Waals surface area contributed by atoms with Gasteiger partial charge in [-0.3, -0.25) is 5.32 Å². The third-order valence-electron chi connectivity index (χ3n) is 3.09. The molecule has 2 unspecified atom stereocenters. The highest BCUT2D eigenvalue weighted by Crippen LogP contribution is 2.30. The van der Waals surface area contributed by atoms with E-state index in [2.05, 4.69) is 5.32 Å². The first-order valence-corrected chi connectivity index (χ1v) is 6.97. The topological polar surface area (TPSA) is 47.6 Å². The molecule has 19 heavy (non-hydrogen) atoms. The SMILES string of the molecule is COC(=O)C1OC(CCl)N[C@H]1c1ccccc1CCl. The number of hydrogen-bond donors (Lipinski definition) is 1. The van der Waals surface area contributed by atoms with E-state index in [0.717, 1.165) is 11.1 Å². The monoisotopic (exact) mass is 303 g/mol. The Kier molecular flexibility index (Phi) is 5.05. The zero-order valence-corrected chi connectivity index (χ0v) is 11.9. The Balaban J connectivity index is 2.32. The van der Waals surface area contributed by atoms with Crippen LogP contribution in [-0.2, 0) is 20.1 Å². The van der Waals surface area contributed by atoms with Crippen LogP contribution in [-0.4, -0.2) is 31.3 Å². The van der Waals surface area contributed by atoms with Gasteiger partial charge in [-0.05, 0) is 11.1 Å². The van der Waals surface area contributed by atoms with E-state index < -0.39 is 12.1 Å². The van der Waals surface area contributed by atoms with E-state index in [9.17, 15) is 4.79 Å². The molecule has 0 amide bonds. The number of alkyl halides is 2. The fourth-order valence-corrected chi connectivity index (χ4v) is 2.59. The number of halogens is 2. The smallest absolute Gasteiger partial charge is 0.337 e. The van der Waals surface area contributed by atoms with Gasteiger partial charge in [0.15, 0.2) is 6.10 Å². The molecule has 2 rings (SSSR count). The molecule has 0 saturated carbocycles. The summed E-state index contributed by atoms with van der Waals surface area (Å²) in [6.07, 6.45) is -1.09. The van der Waals surface area contributed by atoms with Gasteiger partial charge in [-0.1, -0.05) is 24.3 Å². The van der Waals surface area contributed by atoms with E-state index in [1.54, 1.807) is 0 Å². The lowest BCUT2D eigenvalue weighted by Gasteiger charge is -2.18. The van der Waals surface area contributed by atoms with Crippen molar-refractivity contribution in [3.8, 4) is 0 Å². The molecule has 0 bridgehead atoms. The van der Waals surface area contributed by atoms with Crippen LogP contribution in [0, 0.1) is 0 Å². The second-order valence-corrected chi connectivity index (χ2v) is 4.78. The Labute approximate surface area is 122 Å². The minimum Gasteiger partial charge on any atom is -0.467 e. The Bertz CT molecular complexity index is 455. The van der Waals surface area contributed by atoms with Crippen molar-refractivity contribution in [1.82, 2.24) is 5.32 Å². The second kappa shape index (κ2) is 6.57. The predicted octanol–water partition coefficient (Wildman–Crippen LogP) is 2.19. The van der Waals surface area contributed by atoms with E-state index in [0.29, 0.717) is 5.88 Å². The highest BCUT2D eigenvalue weighted by Gasteiger charge is 2.41. The molecule has 104 valence electrons. The second-order valence-electron chi connectivity index (χ2n) is 4.20. The molecule has 0 aliphatic carbocycles. The van der Waals surface area contributed by atoms with E-state index in [1.165, 1.54) is 7.11 Å². The number of carbonyl (C=O) groups is 1. The summed E-state index contributed by atoms with van der Waals surface area (Å²) >= 11 is 11.7. The Morgan fingerprint density at radius 3 is 2.79 bits per heavy atom. The largest absolute Gasteiger partial charge is 0.467 e. The average molecular weight is 304 g/mol. The molecule has 0 spiro atoms. The maximum Gasteiger partial charge on any atom is 0.337 e. The van der Waals surface area contributed by atoms with Crippen molar-refractivity contribution in [3.05, 3.63) is 35.4 Å². The minimum absolute atomic E-state index is 0.257. The van der Waals surface area contributed by atoms with Crippen LogP contribution in [0.1, 0.15) is 17.2 Å². The zero-order chi connectivity index (χ0) is 13.8. The Hall–Kier alpha value is -0.810. The van der Waals surface area contributed by atoms with Crippen molar-refractivity contribution < 1.29 is 14.3 Å². The fraction of sp³-hybridized carbons (Fsp3) is 0.462. The van der Waals surface area contributed by atoms with E-state index >= 15 is 0 Å². The molecule has 3 atom stereocenters. The first-order chi connectivity index (χ1) is 9.21. The number of benzene rings is 1. The van der Waals surface area contributed by atoms with Crippen LogP contribution < -0.4 is 5.32 Å². The van der Waals surface area contributed by atoms with Crippen molar-refractivity contribution >= 4 is 29.2 Å². The summed E-state index contributed by atoms with van der Waals surface area (Å²) in [7, 11) is 1.34. The standard InChI is InChI=1S/C13H15Cl2NO3/c1-18-13(17)12-11(16-10(7-15)19-12)9-5-3-2-4-8(9)6-14/h2-5,10-12,16H,6-7H2,1H3/t10?,11-,12?/m0/s1. The van der Waals surface area contributed by atoms with Gasteiger partial charge < -0.3 is 9.47 Å². The summed E-state index contributed by atoms with van der Waals surface area (Å²) < 4.78 is 10.3. The number of carbonyl (C=O) groups excluding carboxylic acids is 1. The van der Waals surface area contributed by atoms with Crippen LogP contribution in [0.4, 0.5) is 0 Å². The molecular formula is C13H15Cl2NO3. The number of ether oxygens (including phenoxy) is 2. The Morgan fingerprint density at radius 2 is 2.16 bits per heavy atom. The zero-order valence-electron chi connectivity index (χ0n) is 10.4. The van der Waals surface area contributed by atoms with Gasteiger partial charge in [-0.2, -0.15) is 0 Å². The number of esters is 1. The number of hydrogen-bond acceptors (Lipinski definition) is 4. The summed E-state index contributed by atoms with van der Waals surface area (Å²) in [5.74, 6) is 0.204. The molecule has 1 aromatic carbocycles. The fourth-order valence-electron chi connectivity index (χ4n) is 2.18. The maximum atomic E-state index is 11.8. The molecule has 1 aromatic rings. The first kappa shape index (κ1) is 14.6. The molecule has 1 fully saturated rings. The van der Waals surface area contributed by atoms with Crippen LogP contribution in [0.25, 0.3) is 0 Å². The van der Waals surface area contributed by atoms with Gasteiger partial charge in [0.1, 0.15) is 6.23 Å². The average Bonchev–Trinajstić information content (AvgIpc) is 2.90. The summed E-state index contributed by atoms with van der Waals surface area (Å²) in [5, 5.41) is 3.18. The van der Waals surface area contributed by atoms with Crippen LogP contribution in [0.3, 0.4) is 0 Å². The molecule has 6 heteroatoms. The van der Waals surface area contributed by atoms with E-state index in [4.69, 9.17) is 32.7 Å². The minimum atomic E-state index is -0.710. The number of nitrogens with one attached hydrogen (secondary N) is 1. The van der Waals surface area contributed by atoms with Gasteiger partial charge in [-0.25, -0.2) is 4.79 Å². The Morgan fingerprint density at radius 1 is 1.42 bits per heavy atom. The van der Waals surface area contributed by atoms with Gasteiger partial charge in [0, 0.05) is 5.88 Å². The van der Waals surface area contributed by atoms with Gasteiger partial charge in [-0.15, -0.1) is 23.2 Å². The summed E-state index contributed by atoms with van der Waals surface area (Å²) in [6, 6.07) is 7.35. The lowest BCUT2D eigenvalue weighted by atomic mass is 9.97. The van der Waals surface area contributed by atoms with Gasteiger partial charge in [0.05, 0.1) is 19.0 Å². The molecule has 1 aliphatic heterocycles. The van der Waals surface area contributed by atoms with E-state index in [1.807, 2.05) is 24.3 Å². The van der Waals surface area contributed by atoms with Crippen LogP contribution >= 0.6 is 23.2 Å². The van der Waals surface area contributed by atoms with Gasteiger partial charge in [0.25, 0.3) is 0 Å². The van der Waals surface area contributed by atoms with Gasteiger partial charge in [0.2, 0.25) is 0 Å². The summed E-state index contributed by atoms with van der Waals surface area (Å²) in [6.45, 7) is 0. The molecule has 1 saturated heterocycles. The third kappa shape index (κ3) is 3.03. The number of methoxy groups -OCH3 is 1. The quantitative estimate of drug-likeness (QED) is 0.684. The summed E-state index contributed by atoms with van der Waals surface area (Å²) in [4.78, 5) is 11.8. The lowest BCUT2D eigenvalue weighted by Crippen LogP contribution is -2.31. The molecule has 0 radical (unpaired) electrons. The molecule has 4 nitrogen and oxygen atoms in total. The third-order valence-corrected chi connectivity index (χ3v) is 3.66. The number of rotatable bonds is 4. The lowest BCUT2D eigenvalue weighted by molar-refractivity contribution is -0.153. The summed E-state index contributed by atoms with van der Waals surface area (Å²) in [5.41, 5.74) is 1.88. The molecular weight excluding hydrogens is 289 g/mol.